The fraction of sp³-hybridized carbons (Fsp3) is 0.179. The van der Waals surface area contributed by atoms with Crippen molar-refractivity contribution in [3.05, 3.63) is 137 Å². The third-order valence-corrected chi connectivity index (χ3v) is 5.73. The van der Waals surface area contributed by atoms with Crippen LogP contribution >= 0.6 is 0 Å². The number of hydrogen-bond donors (Lipinski definition) is 0. The molecule has 0 aromatic heterocycles. The van der Waals surface area contributed by atoms with Crippen molar-refractivity contribution in [1.82, 2.24) is 0 Å². The largest absolute Gasteiger partial charge is 4.00 e. The van der Waals surface area contributed by atoms with E-state index < -0.39 is 0 Å². The maximum Gasteiger partial charge on any atom is 4.00 e. The maximum absolute atomic E-state index is 2.33. The van der Waals surface area contributed by atoms with E-state index in [1.54, 1.807) is 0 Å². The molecule has 4 aromatic rings. The Kier molecular flexibility index (Phi) is 14.0. The van der Waals surface area contributed by atoms with Crippen molar-refractivity contribution in [1.29, 1.82) is 0 Å². The minimum atomic E-state index is -0.309. The average molecular weight is 518 g/mol. The van der Waals surface area contributed by atoms with Gasteiger partial charge in [-0.1, -0.05) is 117 Å². The molecule has 0 bridgehead atoms. The van der Waals surface area contributed by atoms with Gasteiger partial charge in [0.05, 0.1) is 0 Å². The van der Waals surface area contributed by atoms with E-state index in [0.29, 0.717) is 0 Å². The van der Waals surface area contributed by atoms with E-state index in [2.05, 4.69) is 116 Å². The van der Waals surface area contributed by atoms with E-state index in [-0.39, 0.29) is 64.4 Å². The first-order valence-corrected chi connectivity index (χ1v) is 10.3. The maximum atomic E-state index is 2.33. The Morgan fingerprint density at radius 1 is 0.594 bits per heavy atom. The first kappa shape index (κ1) is 30.6. The third kappa shape index (κ3) is 5.93. The smallest absolute Gasteiger partial charge is 1.00 e. The molecule has 0 atom stereocenters. The summed E-state index contributed by atoms with van der Waals surface area (Å²) in [5.74, 6) is 0. The van der Waals surface area contributed by atoms with Crippen LogP contribution in [0.2, 0.25) is 0 Å². The zero-order valence-corrected chi connectivity index (χ0v) is 22.0. The molecule has 0 N–H and O–H groups in total. The molecule has 0 heterocycles. The number of hydrogen-bond acceptors (Lipinski definition) is 0. The van der Waals surface area contributed by atoms with Gasteiger partial charge in [-0.3, -0.25) is 0 Å². The molecule has 0 saturated heterocycles. The summed E-state index contributed by atoms with van der Waals surface area (Å²) in [5, 5.41) is 0. The van der Waals surface area contributed by atoms with Crippen molar-refractivity contribution in [3.63, 3.8) is 0 Å². The molecule has 0 saturated carbocycles. The molecule has 0 nitrogen and oxygen atoms in total. The van der Waals surface area contributed by atoms with Crippen LogP contribution in [-0.4, -0.2) is 0 Å². The molecule has 0 aliphatic heterocycles. The molecule has 0 amide bonds. The summed E-state index contributed by atoms with van der Waals surface area (Å²) in [6, 6.07) is 39.8. The Balaban J connectivity index is 0.00000240. The van der Waals surface area contributed by atoms with Gasteiger partial charge < -0.3 is 37.2 Å². The number of benzene rings is 3. The summed E-state index contributed by atoms with van der Waals surface area (Å²) >= 11 is 0. The molecule has 164 valence electrons. The van der Waals surface area contributed by atoms with E-state index in [4.69, 9.17) is 0 Å². The van der Waals surface area contributed by atoms with Gasteiger partial charge in [-0.15, -0.1) is 5.56 Å². The van der Waals surface area contributed by atoms with Gasteiger partial charge in [0, 0.05) is 5.41 Å². The van der Waals surface area contributed by atoms with Crippen molar-refractivity contribution in [2.45, 2.75) is 31.6 Å². The number of halogens is 3. The van der Waals surface area contributed by atoms with Crippen LogP contribution in [0.1, 0.15) is 47.6 Å². The zero-order chi connectivity index (χ0) is 19.2. The normalized spacial score (nSPS) is 10.0. The molecule has 32 heavy (non-hydrogen) atoms. The second-order valence-electron chi connectivity index (χ2n) is 7.42. The van der Waals surface area contributed by atoms with Gasteiger partial charge in [0.15, 0.2) is 0 Å². The SMILES string of the molecule is CCCCc1ccc[c-]1C(c1ccccc1)(c1ccccc1)c1ccccc1.[Cl-].[Cl-].[Cl-].[Ti+4]. The van der Waals surface area contributed by atoms with Gasteiger partial charge in [-0.25, -0.2) is 12.1 Å². The molecule has 0 aliphatic carbocycles. The second kappa shape index (κ2) is 14.7. The van der Waals surface area contributed by atoms with Gasteiger partial charge in [0.1, 0.15) is 0 Å². The van der Waals surface area contributed by atoms with Crippen molar-refractivity contribution in [3.8, 4) is 0 Å². The first-order valence-electron chi connectivity index (χ1n) is 10.3. The summed E-state index contributed by atoms with van der Waals surface area (Å²) in [5.41, 5.74) is 6.50. The predicted octanol–water partition coefficient (Wildman–Crippen LogP) is -1.86. The van der Waals surface area contributed by atoms with Crippen LogP contribution in [0.25, 0.3) is 0 Å². The molecular weight excluding hydrogens is 491 g/mol. The fourth-order valence-electron chi connectivity index (χ4n) is 4.44. The van der Waals surface area contributed by atoms with Crippen molar-refractivity contribution >= 4 is 0 Å². The molecule has 0 unspecified atom stereocenters. The minimum Gasteiger partial charge on any atom is -1.00 e. The molecular formula is C28H27Cl3Ti. The molecule has 0 aliphatic rings. The molecule has 4 aromatic carbocycles. The minimum absolute atomic E-state index is 0. The molecule has 4 rings (SSSR count). The summed E-state index contributed by atoms with van der Waals surface area (Å²) in [6.07, 6.45) is 3.54. The van der Waals surface area contributed by atoms with Gasteiger partial charge in [-0.05, 0) is 16.7 Å². The Hall–Kier alpha value is -1.41. The molecule has 4 heteroatoms. The number of aryl methyl sites for hydroxylation is 1. The Bertz CT molecular complexity index is 902. The first-order chi connectivity index (χ1) is 13.9. The quantitative estimate of drug-likeness (QED) is 0.153. The van der Waals surface area contributed by atoms with Gasteiger partial charge in [0.2, 0.25) is 0 Å². The topological polar surface area (TPSA) is 0 Å². The van der Waals surface area contributed by atoms with Gasteiger partial charge in [-0.2, -0.15) is 11.6 Å². The van der Waals surface area contributed by atoms with Crippen molar-refractivity contribution < 1.29 is 58.9 Å². The van der Waals surface area contributed by atoms with Crippen LogP contribution in [0, 0.1) is 0 Å². The summed E-state index contributed by atoms with van der Waals surface area (Å²) in [7, 11) is 0. The van der Waals surface area contributed by atoms with Gasteiger partial charge in [0.25, 0.3) is 0 Å². The van der Waals surface area contributed by atoms with E-state index in [1.165, 1.54) is 40.7 Å². The van der Waals surface area contributed by atoms with E-state index in [1.807, 2.05) is 0 Å². The van der Waals surface area contributed by atoms with E-state index >= 15 is 0 Å². The third-order valence-electron chi connectivity index (χ3n) is 5.73. The van der Waals surface area contributed by atoms with Crippen LogP contribution < -0.4 is 37.2 Å². The second-order valence-corrected chi connectivity index (χ2v) is 7.42. The molecule has 0 radical (unpaired) electrons. The van der Waals surface area contributed by atoms with Crippen LogP contribution in [-0.2, 0) is 33.6 Å². The van der Waals surface area contributed by atoms with E-state index in [0.717, 1.165) is 6.42 Å². The predicted molar refractivity (Wildman–Crippen MR) is 119 cm³/mol. The monoisotopic (exact) mass is 516 g/mol. The Morgan fingerprint density at radius 2 is 1.00 bits per heavy atom. The van der Waals surface area contributed by atoms with Crippen LogP contribution in [0.5, 0.6) is 0 Å². The van der Waals surface area contributed by atoms with Crippen LogP contribution in [0.3, 0.4) is 0 Å². The fourth-order valence-corrected chi connectivity index (χ4v) is 4.44. The van der Waals surface area contributed by atoms with Crippen LogP contribution in [0.15, 0.2) is 109 Å². The molecule has 0 spiro atoms. The standard InChI is InChI=1S/C28H27.3ClH.Ti/c1-2-3-14-23-15-13-22-27(23)28(24-16-7-4-8-17-24,25-18-9-5-10-19-25)26-20-11-6-12-21-26;;;;/h4-13,15-22H,2-3,14H2,1H3;3*1H;/q-1;;;;+4/p-3. The molecule has 0 fully saturated rings. The Labute approximate surface area is 226 Å². The van der Waals surface area contributed by atoms with Gasteiger partial charge >= 0.3 is 21.7 Å². The van der Waals surface area contributed by atoms with Crippen molar-refractivity contribution in [2.24, 2.45) is 0 Å². The summed E-state index contributed by atoms with van der Waals surface area (Å²) < 4.78 is 0. The number of rotatable bonds is 7. The van der Waals surface area contributed by atoms with Crippen molar-refractivity contribution in [2.75, 3.05) is 0 Å². The summed E-state index contributed by atoms with van der Waals surface area (Å²) in [6.45, 7) is 2.27. The average Bonchev–Trinajstić information content (AvgIpc) is 3.24. The number of unbranched alkanes of at least 4 members (excludes halogenated alkanes) is 1. The van der Waals surface area contributed by atoms with Crippen LogP contribution in [0.4, 0.5) is 0 Å². The van der Waals surface area contributed by atoms with E-state index in [9.17, 15) is 0 Å². The zero-order valence-electron chi connectivity index (χ0n) is 18.1. The summed E-state index contributed by atoms with van der Waals surface area (Å²) in [4.78, 5) is 0. The Morgan fingerprint density at radius 3 is 1.38 bits per heavy atom.